The molecular formula is C16H17BrFN. The fourth-order valence-electron chi connectivity index (χ4n) is 2.06. The van der Waals surface area contributed by atoms with Crippen LogP contribution in [0.4, 0.5) is 10.1 Å². The Balaban J connectivity index is 2.16. The smallest absolute Gasteiger partial charge is 0.128 e. The Hall–Kier alpha value is -1.35. The molecule has 2 aromatic rings. The molecule has 1 N–H and O–H groups in total. The van der Waals surface area contributed by atoms with Crippen molar-refractivity contribution >= 4 is 21.6 Å². The fraction of sp³-hybridized carbons (Fsp3) is 0.250. The van der Waals surface area contributed by atoms with Gasteiger partial charge in [0, 0.05) is 22.3 Å². The van der Waals surface area contributed by atoms with E-state index in [1.165, 1.54) is 11.6 Å². The van der Waals surface area contributed by atoms with E-state index < -0.39 is 0 Å². The Morgan fingerprint density at radius 1 is 1.11 bits per heavy atom. The van der Waals surface area contributed by atoms with Crippen LogP contribution in [0.25, 0.3) is 0 Å². The minimum Gasteiger partial charge on any atom is -0.381 e. The average Bonchev–Trinajstić information content (AvgIpc) is 2.40. The first-order valence-corrected chi connectivity index (χ1v) is 7.16. The summed E-state index contributed by atoms with van der Waals surface area (Å²) in [6.45, 7) is 4.59. The second-order valence-corrected chi connectivity index (χ2v) is 5.52. The first kappa shape index (κ1) is 14.1. The van der Waals surface area contributed by atoms with Crippen molar-refractivity contribution in [1.29, 1.82) is 0 Å². The van der Waals surface area contributed by atoms with E-state index >= 15 is 0 Å². The second kappa shape index (κ2) is 6.20. The fourth-order valence-corrected chi connectivity index (χ4v) is 2.47. The lowest BCUT2D eigenvalue weighted by Crippen LogP contribution is -2.04. The summed E-state index contributed by atoms with van der Waals surface area (Å²) in [4.78, 5) is 0. The minimum atomic E-state index is -0.159. The van der Waals surface area contributed by atoms with E-state index in [9.17, 15) is 4.39 Å². The van der Waals surface area contributed by atoms with Crippen molar-refractivity contribution in [3.8, 4) is 0 Å². The zero-order valence-corrected chi connectivity index (χ0v) is 12.7. The molecule has 0 fully saturated rings. The van der Waals surface area contributed by atoms with Crippen LogP contribution in [0.15, 0.2) is 40.9 Å². The molecule has 0 saturated carbocycles. The van der Waals surface area contributed by atoms with Gasteiger partial charge in [-0.05, 0) is 43.2 Å². The SMILES string of the molecule is CCc1cc(Br)ccc1NCc1cc(C)ccc1F. The summed E-state index contributed by atoms with van der Waals surface area (Å²) in [5.41, 5.74) is 4.06. The molecule has 0 radical (unpaired) electrons. The summed E-state index contributed by atoms with van der Waals surface area (Å²) in [5, 5.41) is 3.31. The standard InChI is InChI=1S/C16H17BrFN/c1-3-12-9-14(17)5-7-16(12)19-10-13-8-11(2)4-6-15(13)18/h4-9,19H,3,10H2,1-2H3. The number of rotatable bonds is 4. The van der Waals surface area contributed by atoms with E-state index in [0.29, 0.717) is 12.1 Å². The number of anilines is 1. The number of nitrogens with one attached hydrogen (secondary N) is 1. The van der Waals surface area contributed by atoms with Crippen LogP contribution in [0.2, 0.25) is 0 Å². The lowest BCUT2D eigenvalue weighted by molar-refractivity contribution is 0.612. The molecule has 0 aliphatic rings. The maximum Gasteiger partial charge on any atom is 0.128 e. The molecule has 0 unspecified atom stereocenters. The maximum atomic E-state index is 13.7. The van der Waals surface area contributed by atoms with Crippen molar-refractivity contribution in [3.05, 3.63) is 63.4 Å². The third-order valence-corrected chi connectivity index (χ3v) is 3.61. The van der Waals surface area contributed by atoms with Gasteiger partial charge in [0.1, 0.15) is 5.82 Å². The van der Waals surface area contributed by atoms with Crippen LogP contribution in [0.3, 0.4) is 0 Å². The van der Waals surface area contributed by atoms with Gasteiger partial charge in [0.15, 0.2) is 0 Å². The zero-order chi connectivity index (χ0) is 13.8. The lowest BCUT2D eigenvalue weighted by atomic mass is 10.1. The van der Waals surface area contributed by atoms with Crippen molar-refractivity contribution in [3.63, 3.8) is 0 Å². The van der Waals surface area contributed by atoms with E-state index in [1.807, 2.05) is 25.1 Å². The van der Waals surface area contributed by atoms with Gasteiger partial charge in [-0.15, -0.1) is 0 Å². The quantitative estimate of drug-likeness (QED) is 0.828. The summed E-state index contributed by atoms with van der Waals surface area (Å²) >= 11 is 3.47. The predicted molar refractivity (Wildman–Crippen MR) is 82.0 cm³/mol. The monoisotopic (exact) mass is 321 g/mol. The minimum absolute atomic E-state index is 0.159. The van der Waals surface area contributed by atoms with Crippen molar-refractivity contribution in [1.82, 2.24) is 0 Å². The predicted octanol–water partition coefficient (Wildman–Crippen LogP) is 5.07. The largest absolute Gasteiger partial charge is 0.381 e. The van der Waals surface area contributed by atoms with Gasteiger partial charge in [-0.2, -0.15) is 0 Å². The Kier molecular flexibility index (Phi) is 4.59. The Morgan fingerprint density at radius 3 is 2.63 bits per heavy atom. The first-order valence-electron chi connectivity index (χ1n) is 6.37. The molecule has 3 heteroatoms. The van der Waals surface area contributed by atoms with Gasteiger partial charge in [-0.1, -0.05) is 40.5 Å². The number of hydrogen-bond donors (Lipinski definition) is 1. The van der Waals surface area contributed by atoms with Crippen LogP contribution in [0.1, 0.15) is 23.6 Å². The molecule has 0 saturated heterocycles. The molecular weight excluding hydrogens is 305 g/mol. The van der Waals surface area contributed by atoms with Crippen molar-refractivity contribution in [2.24, 2.45) is 0 Å². The van der Waals surface area contributed by atoms with Crippen LogP contribution in [-0.2, 0) is 13.0 Å². The van der Waals surface area contributed by atoms with Gasteiger partial charge in [0.25, 0.3) is 0 Å². The molecule has 0 aromatic heterocycles. The van der Waals surface area contributed by atoms with Gasteiger partial charge in [-0.25, -0.2) is 4.39 Å². The van der Waals surface area contributed by atoms with Crippen LogP contribution in [-0.4, -0.2) is 0 Å². The highest BCUT2D eigenvalue weighted by molar-refractivity contribution is 9.10. The van der Waals surface area contributed by atoms with E-state index in [1.54, 1.807) is 6.07 Å². The summed E-state index contributed by atoms with van der Waals surface area (Å²) < 4.78 is 14.7. The van der Waals surface area contributed by atoms with Crippen molar-refractivity contribution in [2.45, 2.75) is 26.8 Å². The molecule has 2 aromatic carbocycles. The van der Waals surface area contributed by atoms with Crippen LogP contribution in [0.5, 0.6) is 0 Å². The van der Waals surface area contributed by atoms with Crippen LogP contribution < -0.4 is 5.32 Å². The average molecular weight is 322 g/mol. The number of halogens is 2. The molecule has 0 bridgehead atoms. The zero-order valence-electron chi connectivity index (χ0n) is 11.1. The first-order chi connectivity index (χ1) is 9.10. The summed E-state index contributed by atoms with van der Waals surface area (Å²) in [5.74, 6) is -0.159. The molecule has 0 spiro atoms. The van der Waals surface area contributed by atoms with E-state index in [4.69, 9.17) is 0 Å². The van der Waals surface area contributed by atoms with E-state index in [0.717, 1.165) is 22.1 Å². The van der Waals surface area contributed by atoms with E-state index in [-0.39, 0.29) is 5.82 Å². The van der Waals surface area contributed by atoms with Gasteiger partial charge in [0.05, 0.1) is 0 Å². The molecule has 0 heterocycles. The molecule has 0 atom stereocenters. The lowest BCUT2D eigenvalue weighted by Gasteiger charge is -2.12. The van der Waals surface area contributed by atoms with Crippen molar-refractivity contribution < 1.29 is 4.39 Å². The third-order valence-electron chi connectivity index (χ3n) is 3.12. The highest BCUT2D eigenvalue weighted by atomic mass is 79.9. The molecule has 0 amide bonds. The van der Waals surface area contributed by atoms with Crippen LogP contribution >= 0.6 is 15.9 Å². The van der Waals surface area contributed by atoms with Gasteiger partial charge >= 0.3 is 0 Å². The molecule has 1 nitrogen and oxygen atoms in total. The van der Waals surface area contributed by atoms with E-state index in [2.05, 4.69) is 34.2 Å². The van der Waals surface area contributed by atoms with Gasteiger partial charge in [0.2, 0.25) is 0 Å². The number of hydrogen-bond acceptors (Lipinski definition) is 1. The summed E-state index contributed by atoms with van der Waals surface area (Å²) in [6, 6.07) is 11.3. The van der Waals surface area contributed by atoms with Gasteiger partial charge < -0.3 is 5.32 Å². The van der Waals surface area contributed by atoms with Crippen molar-refractivity contribution in [2.75, 3.05) is 5.32 Å². The third kappa shape index (κ3) is 3.57. The molecule has 0 aliphatic heterocycles. The Bertz CT molecular complexity index is 581. The summed E-state index contributed by atoms with van der Waals surface area (Å²) in [7, 11) is 0. The van der Waals surface area contributed by atoms with Gasteiger partial charge in [-0.3, -0.25) is 0 Å². The highest BCUT2D eigenvalue weighted by Crippen LogP contribution is 2.22. The Morgan fingerprint density at radius 2 is 1.89 bits per heavy atom. The molecule has 0 aliphatic carbocycles. The topological polar surface area (TPSA) is 12.0 Å². The Labute approximate surface area is 122 Å². The highest BCUT2D eigenvalue weighted by Gasteiger charge is 2.05. The summed E-state index contributed by atoms with van der Waals surface area (Å²) in [6.07, 6.45) is 0.943. The molecule has 100 valence electrons. The number of aryl methyl sites for hydroxylation is 2. The number of benzene rings is 2. The maximum absolute atomic E-state index is 13.7. The second-order valence-electron chi connectivity index (χ2n) is 4.60. The normalized spacial score (nSPS) is 10.5. The molecule has 2 rings (SSSR count). The molecule has 19 heavy (non-hydrogen) atoms. The van der Waals surface area contributed by atoms with Crippen LogP contribution in [0, 0.1) is 12.7 Å².